The van der Waals surface area contributed by atoms with Gasteiger partial charge in [0.2, 0.25) is 0 Å². The van der Waals surface area contributed by atoms with E-state index >= 15 is 0 Å². The molecule has 2 rings (SSSR count). The fourth-order valence-electron chi connectivity index (χ4n) is 1.22. The molecule has 0 aliphatic rings. The Labute approximate surface area is 102 Å². The van der Waals surface area contributed by atoms with Gasteiger partial charge in [0.1, 0.15) is 12.1 Å². The molecule has 0 N–H and O–H groups in total. The fourth-order valence-corrected chi connectivity index (χ4v) is 1.95. The summed E-state index contributed by atoms with van der Waals surface area (Å²) in [4.78, 5) is 19.5. The highest BCUT2D eigenvalue weighted by atomic mass is 32.2. The number of aromatic nitrogens is 2. The van der Waals surface area contributed by atoms with Crippen LogP contribution >= 0.6 is 11.8 Å². The van der Waals surface area contributed by atoms with Gasteiger partial charge in [-0.15, -0.1) is 0 Å². The zero-order valence-corrected chi connectivity index (χ0v) is 9.65. The Hall–Kier alpha value is -1.75. The molecule has 0 fully saturated rings. The predicted octanol–water partition coefficient (Wildman–Crippen LogP) is 2.59. The average Bonchev–Trinajstić information content (AvgIpc) is 2.38. The molecule has 3 nitrogen and oxygen atoms in total. The number of nitrogens with zero attached hydrogens (tertiary/aromatic N) is 2. The van der Waals surface area contributed by atoms with E-state index in [4.69, 9.17) is 0 Å². The van der Waals surface area contributed by atoms with E-state index in [9.17, 15) is 9.18 Å². The molecule has 86 valence electrons. The number of rotatable bonds is 4. The van der Waals surface area contributed by atoms with Crippen LogP contribution in [0.25, 0.3) is 0 Å². The molecule has 0 unspecified atom stereocenters. The number of thioether (sulfide) groups is 1. The standard InChI is InChI=1S/C12H9FN2OS/c13-10-3-1-9(2-4-10)11(16)7-17-12-5-6-14-8-15-12/h1-6,8H,7H2. The number of carbonyl (C=O) groups is 1. The summed E-state index contributed by atoms with van der Waals surface area (Å²) in [5.41, 5.74) is 0.507. The number of carbonyl (C=O) groups excluding carboxylic acids is 1. The van der Waals surface area contributed by atoms with Crippen LogP contribution < -0.4 is 0 Å². The zero-order chi connectivity index (χ0) is 12.1. The molecule has 17 heavy (non-hydrogen) atoms. The first-order chi connectivity index (χ1) is 8.25. The molecule has 0 spiro atoms. The van der Waals surface area contributed by atoms with Crippen molar-refractivity contribution in [2.45, 2.75) is 5.03 Å². The van der Waals surface area contributed by atoms with Crippen molar-refractivity contribution < 1.29 is 9.18 Å². The summed E-state index contributed by atoms with van der Waals surface area (Å²) in [6.07, 6.45) is 3.06. The summed E-state index contributed by atoms with van der Waals surface area (Å²) >= 11 is 1.33. The Bertz CT molecular complexity index is 502. The normalized spacial score (nSPS) is 10.2. The van der Waals surface area contributed by atoms with E-state index in [1.165, 1.54) is 42.4 Å². The molecule has 0 radical (unpaired) electrons. The van der Waals surface area contributed by atoms with E-state index < -0.39 is 0 Å². The van der Waals surface area contributed by atoms with Crippen molar-refractivity contribution >= 4 is 17.5 Å². The Morgan fingerprint density at radius 3 is 2.65 bits per heavy atom. The molecule has 0 aliphatic heterocycles. The van der Waals surface area contributed by atoms with Crippen LogP contribution in [0.15, 0.2) is 47.9 Å². The maximum Gasteiger partial charge on any atom is 0.173 e. The molecule has 0 atom stereocenters. The summed E-state index contributed by atoms with van der Waals surface area (Å²) < 4.78 is 12.7. The molecular formula is C12H9FN2OS. The van der Waals surface area contributed by atoms with Crippen LogP contribution in [-0.4, -0.2) is 21.5 Å². The lowest BCUT2D eigenvalue weighted by Gasteiger charge is -2.00. The average molecular weight is 248 g/mol. The summed E-state index contributed by atoms with van der Waals surface area (Å²) in [6, 6.07) is 7.27. The first-order valence-corrected chi connectivity index (χ1v) is 5.92. The molecule has 1 aromatic heterocycles. The van der Waals surface area contributed by atoms with E-state index in [1.807, 2.05) is 0 Å². The van der Waals surface area contributed by atoms with Crippen LogP contribution in [0.4, 0.5) is 4.39 Å². The third kappa shape index (κ3) is 3.35. The SMILES string of the molecule is O=C(CSc1ccncn1)c1ccc(F)cc1. The molecule has 0 aliphatic carbocycles. The number of ketones is 1. The zero-order valence-electron chi connectivity index (χ0n) is 8.84. The van der Waals surface area contributed by atoms with Gasteiger partial charge >= 0.3 is 0 Å². The lowest BCUT2D eigenvalue weighted by molar-refractivity contribution is 0.102. The molecule has 1 heterocycles. The smallest absolute Gasteiger partial charge is 0.173 e. The third-order valence-corrected chi connectivity index (χ3v) is 3.02. The third-order valence-electron chi connectivity index (χ3n) is 2.07. The van der Waals surface area contributed by atoms with Crippen LogP contribution in [0, 0.1) is 5.82 Å². The second-order valence-electron chi connectivity index (χ2n) is 3.27. The fraction of sp³-hybridized carbons (Fsp3) is 0.0833. The molecular weight excluding hydrogens is 239 g/mol. The van der Waals surface area contributed by atoms with E-state index in [0.717, 1.165) is 5.03 Å². The highest BCUT2D eigenvalue weighted by Crippen LogP contribution is 2.15. The van der Waals surface area contributed by atoms with Gasteiger partial charge in [0.15, 0.2) is 5.78 Å². The predicted molar refractivity (Wildman–Crippen MR) is 63.5 cm³/mol. The van der Waals surface area contributed by atoms with Gasteiger partial charge < -0.3 is 0 Å². The van der Waals surface area contributed by atoms with Gasteiger partial charge in [-0.05, 0) is 30.3 Å². The summed E-state index contributed by atoms with van der Waals surface area (Å²) in [5, 5.41) is 0.746. The number of halogens is 1. The number of benzene rings is 1. The maximum absolute atomic E-state index is 12.7. The van der Waals surface area contributed by atoms with Crippen molar-refractivity contribution in [2.75, 3.05) is 5.75 Å². The van der Waals surface area contributed by atoms with Gasteiger partial charge in [-0.1, -0.05) is 11.8 Å². The summed E-state index contributed by atoms with van der Waals surface area (Å²) in [5.74, 6) is -0.110. The molecule has 5 heteroatoms. The molecule has 2 aromatic rings. The molecule has 0 saturated heterocycles. The van der Waals surface area contributed by atoms with Crippen molar-refractivity contribution in [3.05, 3.63) is 54.2 Å². The molecule has 0 saturated carbocycles. The van der Waals surface area contributed by atoms with Gasteiger partial charge in [-0.25, -0.2) is 14.4 Å². The summed E-state index contributed by atoms with van der Waals surface area (Å²) in [6.45, 7) is 0. The Morgan fingerprint density at radius 2 is 2.00 bits per heavy atom. The van der Waals surface area contributed by atoms with Gasteiger partial charge in [-0.2, -0.15) is 0 Å². The lowest BCUT2D eigenvalue weighted by Crippen LogP contribution is -2.02. The van der Waals surface area contributed by atoms with Gasteiger partial charge in [0.05, 0.1) is 10.8 Å². The van der Waals surface area contributed by atoms with Crippen molar-refractivity contribution in [1.82, 2.24) is 9.97 Å². The molecule has 0 bridgehead atoms. The Morgan fingerprint density at radius 1 is 1.24 bits per heavy atom. The van der Waals surface area contributed by atoms with E-state index in [1.54, 1.807) is 12.3 Å². The van der Waals surface area contributed by atoms with Crippen LogP contribution in [0.1, 0.15) is 10.4 Å². The minimum atomic E-state index is -0.343. The largest absolute Gasteiger partial charge is 0.293 e. The minimum Gasteiger partial charge on any atom is -0.293 e. The minimum absolute atomic E-state index is 0.0476. The van der Waals surface area contributed by atoms with Crippen molar-refractivity contribution in [1.29, 1.82) is 0 Å². The second-order valence-corrected chi connectivity index (χ2v) is 4.26. The second kappa shape index (κ2) is 5.54. The van der Waals surface area contributed by atoms with Crippen molar-refractivity contribution in [3.63, 3.8) is 0 Å². The van der Waals surface area contributed by atoms with Crippen LogP contribution in [0.3, 0.4) is 0 Å². The van der Waals surface area contributed by atoms with Crippen LogP contribution in [0.5, 0.6) is 0 Å². The maximum atomic E-state index is 12.7. The van der Waals surface area contributed by atoms with Crippen LogP contribution in [0.2, 0.25) is 0 Å². The number of hydrogen-bond acceptors (Lipinski definition) is 4. The summed E-state index contributed by atoms with van der Waals surface area (Å²) in [7, 11) is 0. The van der Waals surface area contributed by atoms with E-state index in [2.05, 4.69) is 9.97 Å². The highest BCUT2D eigenvalue weighted by Gasteiger charge is 2.06. The highest BCUT2D eigenvalue weighted by molar-refractivity contribution is 7.99. The van der Waals surface area contributed by atoms with Crippen LogP contribution in [-0.2, 0) is 0 Å². The lowest BCUT2D eigenvalue weighted by atomic mass is 10.1. The quantitative estimate of drug-likeness (QED) is 0.474. The van der Waals surface area contributed by atoms with Crippen molar-refractivity contribution in [2.24, 2.45) is 0 Å². The first kappa shape index (κ1) is 11.7. The Balaban J connectivity index is 1.96. The van der Waals surface area contributed by atoms with E-state index in [0.29, 0.717) is 5.56 Å². The first-order valence-electron chi connectivity index (χ1n) is 4.93. The van der Waals surface area contributed by atoms with Gasteiger partial charge in [-0.3, -0.25) is 4.79 Å². The van der Waals surface area contributed by atoms with Gasteiger partial charge in [0, 0.05) is 11.8 Å². The Kier molecular flexibility index (Phi) is 3.82. The monoisotopic (exact) mass is 248 g/mol. The number of Topliss-reactive ketones (excluding diaryl/α,β-unsaturated/α-hetero) is 1. The van der Waals surface area contributed by atoms with E-state index in [-0.39, 0.29) is 17.4 Å². The molecule has 1 aromatic carbocycles. The van der Waals surface area contributed by atoms with Gasteiger partial charge in [0.25, 0.3) is 0 Å². The molecule has 0 amide bonds. The number of hydrogen-bond donors (Lipinski definition) is 0. The topological polar surface area (TPSA) is 42.9 Å². The van der Waals surface area contributed by atoms with Crippen molar-refractivity contribution in [3.8, 4) is 0 Å².